The highest BCUT2D eigenvalue weighted by atomic mass is 16.5. The maximum Gasteiger partial charge on any atom is 0.271 e. The van der Waals surface area contributed by atoms with Gasteiger partial charge in [0.25, 0.3) is 5.56 Å². The van der Waals surface area contributed by atoms with Crippen molar-refractivity contribution in [1.82, 2.24) is 4.57 Å². The second-order valence-electron chi connectivity index (χ2n) is 7.24. The zero-order valence-electron chi connectivity index (χ0n) is 17.6. The van der Waals surface area contributed by atoms with E-state index in [0.29, 0.717) is 17.9 Å². The molecule has 0 saturated carbocycles. The van der Waals surface area contributed by atoms with Crippen LogP contribution in [0, 0.1) is 18.3 Å². The van der Waals surface area contributed by atoms with Crippen LogP contribution in [0.2, 0.25) is 0 Å². The molecule has 1 heterocycles. The number of carbonyl (C=O) groups is 1. The Morgan fingerprint density at radius 1 is 1.13 bits per heavy atom. The Kier molecular flexibility index (Phi) is 6.88. The lowest BCUT2D eigenvalue weighted by Gasteiger charge is -2.16. The van der Waals surface area contributed by atoms with E-state index in [1.54, 1.807) is 36.4 Å². The van der Waals surface area contributed by atoms with E-state index in [9.17, 15) is 20.0 Å². The first kappa shape index (κ1) is 21.8. The number of carbonyl (C=O) groups excluding carboxylic acids is 1. The Hall–Kier alpha value is -3.85. The van der Waals surface area contributed by atoms with Crippen molar-refractivity contribution in [3.05, 3.63) is 92.8 Å². The van der Waals surface area contributed by atoms with E-state index in [-0.39, 0.29) is 23.2 Å². The van der Waals surface area contributed by atoms with Gasteiger partial charge in [-0.1, -0.05) is 43.7 Å². The van der Waals surface area contributed by atoms with Gasteiger partial charge < -0.3 is 9.84 Å². The zero-order valence-corrected chi connectivity index (χ0v) is 17.6. The average Bonchev–Trinajstić information content (AvgIpc) is 2.78. The molecule has 2 aromatic carbocycles. The summed E-state index contributed by atoms with van der Waals surface area (Å²) in [7, 11) is 0. The monoisotopic (exact) mass is 416 g/mol. The van der Waals surface area contributed by atoms with Gasteiger partial charge in [-0.15, -0.1) is 0 Å². The molecule has 3 rings (SSSR count). The molecule has 6 heteroatoms. The third kappa shape index (κ3) is 4.67. The SMILES string of the molecule is CCCCOc1ccc(C(=O)c2c(C)c(C#N)c(=O)n(Cc3ccccc3)c2O)cc1. The molecule has 1 N–H and O–H groups in total. The van der Waals surface area contributed by atoms with Gasteiger partial charge in [-0.05, 0) is 48.7 Å². The molecule has 0 unspecified atom stereocenters. The highest BCUT2D eigenvalue weighted by molar-refractivity contribution is 6.11. The number of pyridine rings is 1. The fourth-order valence-corrected chi connectivity index (χ4v) is 3.32. The van der Waals surface area contributed by atoms with Crippen LogP contribution in [0.25, 0.3) is 0 Å². The van der Waals surface area contributed by atoms with Gasteiger partial charge in [0.1, 0.15) is 17.4 Å². The highest BCUT2D eigenvalue weighted by Crippen LogP contribution is 2.26. The highest BCUT2D eigenvalue weighted by Gasteiger charge is 2.25. The molecular formula is C25H24N2O4. The van der Waals surface area contributed by atoms with E-state index in [1.165, 1.54) is 6.92 Å². The number of nitriles is 1. The Morgan fingerprint density at radius 2 is 1.81 bits per heavy atom. The summed E-state index contributed by atoms with van der Waals surface area (Å²) >= 11 is 0. The van der Waals surface area contributed by atoms with E-state index in [1.807, 2.05) is 24.3 Å². The summed E-state index contributed by atoms with van der Waals surface area (Å²) in [4.78, 5) is 26.0. The zero-order chi connectivity index (χ0) is 22.4. The molecule has 0 spiro atoms. The summed E-state index contributed by atoms with van der Waals surface area (Å²) in [5, 5.41) is 20.4. The van der Waals surface area contributed by atoms with Crippen LogP contribution >= 0.6 is 0 Å². The van der Waals surface area contributed by atoms with Gasteiger partial charge in [-0.2, -0.15) is 5.26 Å². The molecule has 0 bridgehead atoms. The molecule has 1 aromatic heterocycles. The molecule has 31 heavy (non-hydrogen) atoms. The van der Waals surface area contributed by atoms with Crippen LogP contribution in [0.5, 0.6) is 11.6 Å². The number of ether oxygens (including phenoxy) is 1. The van der Waals surface area contributed by atoms with Gasteiger partial charge in [0, 0.05) is 5.56 Å². The summed E-state index contributed by atoms with van der Waals surface area (Å²) in [5.74, 6) is -0.259. The van der Waals surface area contributed by atoms with Crippen LogP contribution in [0.4, 0.5) is 0 Å². The van der Waals surface area contributed by atoms with Crippen molar-refractivity contribution in [3.8, 4) is 17.7 Å². The van der Waals surface area contributed by atoms with Crippen molar-refractivity contribution < 1.29 is 14.6 Å². The van der Waals surface area contributed by atoms with Crippen LogP contribution in [-0.4, -0.2) is 22.1 Å². The Morgan fingerprint density at radius 3 is 2.42 bits per heavy atom. The Balaban J connectivity index is 2.02. The quantitative estimate of drug-likeness (QED) is 0.439. The summed E-state index contributed by atoms with van der Waals surface area (Å²) in [5.41, 5.74) is 0.429. The topological polar surface area (TPSA) is 92.3 Å². The molecule has 158 valence electrons. The molecule has 0 amide bonds. The van der Waals surface area contributed by atoms with Crippen molar-refractivity contribution in [1.29, 1.82) is 5.26 Å². The molecule has 0 atom stereocenters. The fourth-order valence-electron chi connectivity index (χ4n) is 3.32. The minimum atomic E-state index is -0.627. The predicted octanol–water partition coefficient (Wildman–Crippen LogP) is 4.19. The second-order valence-corrected chi connectivity index (χ2v) is 7.24. The Labute approximate surface area is 181 Å². The number of ketones is 1. The summed E-state index contributed by atoms with van der Waals surface area (Å²) in [6.45, 7) is 4.22. The van der Waals surface area contributed by atoms with Gasteiger partial charge in [-0.25, -0.2) is 0 Å². The van der Waals surface area contributed by atoms with E-state index in [2.05, 4.69) is 6.92 Å². The molecule has 0 saturated heterocycles. The van der Waals surface area contributed by atoms with Crippen molar-refractivity contribution in [2.24, 2.45) is 0 Å². The van der Waals surface area contributed by atoms with Crippen LogP contribution in [0.3, 0.4) is 0 Å². The first-order chi connectivity index (χ1) is 15.0. The molecule has 0 aliphatic rings. The van der Waals surface area contributed by atoms with Gasteiger partial charge >= 0.3 is 0 Å². The standard InChI is InChI=1S/C25H24N2O4/c1-3-4-14-31-20-12-10-19(11-13-20)23(28)22-17(2)21(15-26)24(29)27(25(22)30)16-18-8-6-5-7-9-18/h5-13,30H,3-4,14,16H2,1-2H3. The summed E-state index contributed by atoms with van der Waals surface area (Å²) < 4.78 is 6.69. The number of hydrogen-bond donors (Lipinski definition) is 1. The molecule has 0 fully saturated rings. The molecular weight excluding hydrogens is 392 g/mol. The average molecular weight is 416 g/mol. The minimum Gasteiger partial charge on any atom is -0.494 e. The van der Waals surface area contributed by atoms with Crippen LogP contribution in [0.1, 0.15) is 52.4 Å². The molecule has 0 aliphatic heterocycles. The number of benzene rings is 2. The first-order valence-corrected chi connectivity index (χ1v) is 10.2. The van der Waals surface area contributed by atoms with Crippen molar-refractivity contribution in [2.75, 3.05) is 6.61 Å². The summed E-state index contributed by atoms with van der Waals surface area (Å²) in [6, 6.07) is 17.6. The number of aromatic hydroxyl groups is 1. The maximum atomic E-state index is 13.2. The molecule has 3 aromatic rings. The number of hydrogen-bond acceptors (Lipinski definition) is 5. The van der Waals surface area contributed by atoms with Crippen LogP contribution in [-0.2, 0) is 6.54 Å². The molecule has 0 radical (unpaired) electrons. The van der Waals surface area contributed by atoms with Gasteiger partial charge in [0.2, 0.25) is 5.88 Å². The van der Waals surface area contributed by atoms with Crippen molar-refractivity contribution in [2.45, 2.75) is 33.2 Å². The molecule has 0 aliphatic carbocycles. The minimum absolute atomic E-state index is 0.0466. The third-order valence-corrected chi connectivity index (χ3v) is 5.09. The van der Waals surface area contributed by atoms with E-state index >= 15 is 0 Å². The van der Waals surface area contributed by atoms with Gasteiger partial charge in [0.05, 0.1) is 18.7 Å². The second kappa shape index (κ2) is 9.77. The predicted molar refractivity (Wildman–Crippen MR) is 118 cm³/mol. The van der Waals surface area contributed by atoms with Crippen LogP contribution < -0.4 is 10.3 Å². The lowest BCUT2D eigenvalue weighted by atomic mass is 9.97. The Bertz CT molecular complexity index is 1170. The van der Waals surface area contributed by atoms with E-state index in [0.717, 1.165) is 23.0 Å². The number of aromatic nitrogens is 1. The first-order valence-electron chi connectivity index (χ1n) is 10.2. The van der Waals surface area contributed by atoms with Gasteiger partial charge in [-0.3, -0.25) is 14.2 Å². The van der Waals surface area contributed by atoms with Crippen molar-refractivity contribution in [3.63, 3.8) is 0 Å². The number of rotatable bonds is 8. The summed E-state index contributed by atoms with van der Waals surface area (Å²) in [6.07, 6.45) is 1.96. The third-order valence-electron chi connectivity index (χ3n) is 5.09. The van der Waals surface area contributed by atoms with Gasteiger partial charge in [0.15, 0.2) is 5.78 Å². The smallest absolute Gasteiger partial charge is 0.271 e. The van der Waals surface area contributed by atoms with Crippen molar-refractivity contribution >= 4 is 5.78 Å². The maximum absolute atomic E-state index is 13.2. The molecule has 6 nitrogen and oxygen atoms in total. The lowest BCUT2D eigenvalue weighted by Crippen LogP contribution is -2.27. The van der Waals surface area contributed by atoms with E-state index < -0.39 is 17.2 Å². The lowest BCUT2D eigenvalue weighted by molar-refractivity contribution is 0.103. The fraction of sp³-hybridized carbons (Fsp3) is 0.240. The van der Waals surface area contributed by atoms with Crippen LogP contribution in [0.15, 0.2) is 59.4 Å². The number of nitrogens with zero attached hydrogens (tertiary/aromatic N) is 2. The largest absolute Gasteiger partial charge is 0.494 e. The van der Waals surface area contributed by atoms with E-state index in [4.69, 9.17) is 4.74 Å². The normalized spacial score (nSPS) is 10.5. The number of unbranched alkanes of at least 4 members (excludes halogenated alkanes) is 1.